The molecule has 2 aromatic carbocycles. The third-order valence-corrected chi connectivity index (χ3v) is 5.25. The first kappa shape index (κ1) is 18.4. The summed E-state index contributed by atoms with van der Waals surface area (Å²) in [6.07, 6.45) is 0. The van der Waals surface area contributed by atoms with Gasteiger partial charge in [0.2, 0.25) is 5.91 Å². The Labute approximate surface area is 157 Å². The third-order valence-electron chi connectivity index (χ3n) is 4.30. The van der Waals surface area contributed by atoms with Crippen LogP contribution in [0.2, 0.25) is 0 Å². The van der Waals surface area contributed by atoms with Crippen LogP contribution in [0.5, 0.6) is 5.75 Å². The van der Waals surface area contributed by atoms with Crippen molar-refractivity contribution in [3.05, 3.63) is 54.1 Å². The first-order valence-electron chi connectivity index (χ1n) is 8.59. The number of nitrogens with one attached hydrogen (secondary N) is 1. The van der Waals surface area contributed by atoms with Crippen molar-refractivity contribution in [2.75, 3.05) is 25.5 Å². The Balaban J connectivity index is 1.49. The number of thiazole rings is 1. The zero-order valence-electron chi connectivity index (χ0n) is 15.2. The summed E-state index contributed by atoms with van der Waals surface area (Å²) in [7, 11) is 1.92. The molecule has 0 unspecified atom stereocenters. The average molecular weight is 369 g/mol. The Morgan fingerprint density at radius 1 is 1.23 bits per heavy atom. The van der Waals surface area contributed by atoms with Crippen molar-refractivity contribution in [1.29, 1.82) is 0 Å². The van der Waals surface area contributed by atoms with E-state index < -0.39 is 0 Å². The third kappa shape index (κ3) is 4.59. The number of ether oxygens (including phenoxy) is 1. The number of fused-ring (bicyclic) bond motifs is 1. The Kier molecular flexibility index (Phi) is 5.85. The Hall–Kier alpha value is -2.44. The summed E-state index contributed by atoms with van der Waals surface area (Å²) in [5, 5.41) is 3.54. The molecule has 1 amide bonds. The molecule has 0 radical (unpaired) electrons. The van der Waals surface area contributed by atoms with Crippen LogP contribution < -0.4 is 10.1 Å². The standard InChI is InChI=1S/C20H23N3O2S/c1-14-8-10-16(11-9-14)25-13-12-23(3)15(2)19(24)22-20-21-17-6-4-5-7-18(17)26-20/h4-11,15H,12-13H2,1-3H3,(H,21,22,24)/t15-/m1/s1. The first-order valence-corrected chi connectivity index (χ1v) is 9.41. The van der Waals surface area contributed by atoms with Crippen molar-refractivity contribution in [3.63, 3.8) is 0 Å². The van der Waals surface area contributed by atoms with Crippen LogP contribution in [0.25, 0.3) is 10.2 Å². The van der Waals surface area contributed by atoms with Gasteiger partial charge < -0.3 is 10.1 Å². The quantitative estimate of drug-likeness (QED) is 0.685. The summed E-state index contributed by atoms with van der Waals surface area (Å²) in [4.78, 5) is 18.9. The minimum atomic E-state index is -0.274. The van der Waals surface area contributed by atoms with E-state index >= 15 is 0 Å². The number of hydrogen-bond donors (Lipinski definition) is 1. The highest BCUT2D eigenvalue weighted by molar-refractivity contribution is 7.22. The number of para-hydroxylation sites is 1. The minimum Gasteiger partial charge on any atom is -0.492 e. The smallest absolute Gasteiger partial charge is 0.243 e. The largest absolute Gasteiger partial charge is 0.492 e. The van der Waals surface area contributed by atoms with E-state index in [1.165, 1.54) is 16.9 Å². The number of carbonyl (C=O) groups is 1. The zero-order valence-corrected chi connectivity index (χ0v) is 16.0. The molecular weight excluding hydrogens is 346 g/mol. The molecule has 5 nitrogen and oxygen atoms in total. The molecule has 1 N–H and O–H groups in total. The predicted octanol–water partition coefficient (Wildman–Crippen LogP) is 3.94. The lowest BCUT2D eigenvalue weighted by Crippen LogP contribution is -2.41. The van der Waals surface area contributed by atoms with E-state index in [0.717, 1.165) is 16.0 Å². The van der Waals surface area contributed by atoms with Crippen LogP contribution in [0.15, 0.2) is 48.5 Å². The highest BCUT2D eigenvalue weighted by Crippen LogP contribution is 2.25. The van der Waals surface area contributed by atoms with Crippen LogP contribution >= 0.6 is 11.3 Å². The van der Waals surface area contributed by atoms with Gasteiger partial charge in [0.05, 0.1) is 16.3 Å². The maximum atomic E-state index is 12.5. The number of aromatic nitrogens is 1. The number of aryl methyl sites for hydroxylation is 1. The number of anilines is 1. The lowest BCUT2D eigenvalue weighted by molar-refractivity contribution is -0.120. The second-order valence-electron chi connectivity index (χ2n) is 6.29. The lowest BCUT2D eigenvalue weighted by Gasteiger charge is -2.23. The SMILES string of the molecule is Cc1ccc(OCCN(C)[C@H](C)C(=O)Nc2nc3ccccc3s2)cc1. The second kappa shape index (κ2) is 8.29. The highest BCUT2D eigenvalue weighted by atomic mass is 32.1. The predicted molar refractivity (Wildman–Crippen MR) is 107 cm³/mol. The van der Waals surface area contributed by atoms with Crippen LogP contribution in [0.3, 0.4) is 0 Å². The van der Waals surface area contributed by atoms with E-state index in [2.05, 4.69) is 10.3 Å². The molecule has 1 atom stereocenters. The number of hydrogen-bond acceptors (Lipinski definition) is 5. The van der Waals surface area contributed by atoms with E-state index in [1.807, 2.05) is 74.3 Å². The summed E-state index contributed by atoms with van der Waals surface area (Å²) in [6.45, 7) is 5.11. The van der Waals surface area contributed by atoms with Gasteiger partial charge in [-0.15, -0.1) is 0 Å². The minimum absolute atomic E-state index is 0.0677. The van der Waals surface area contributed by atoms with Gasteiger partial charge in [0.25, 0.3) is 0 Å². The van der Waals surface area contributed by atoms with Crippen molar-refractivity contribution >= 4 is 32.6 Å². The van der Waals surface area contributed by atoms with Crippen LogP contribution in [0.1, 0.15) is 12.5 Å². The summed E-state index contributed by atoms with van der Waals surface area (Å²) in [5.74, 6) is 0.775. The summed E-state index contributed by atoms with van der Waals surface area (Å²) < 4.78 is 6.80. The van der Waals surface area contributed by atoms with Gasteiger partial charge in [0.15, 0.2) is 5.13 Å². The number of rotatable bonds is 7. The number of nitrogens with zero attached hydrogens (tertiary/aromatic N) is 2. The highest BCUT2D eigenvalue weighted by Gasteiger charge is 2.19. The van der Waals surface area contributed by atoms with Crippen LogP contribution in [-0.4, -0.2) is 42.0 Å². The molecule has 3 rings (SSSR count). The normalized spacial score (nSPS) is 12.3. The molecule has 6 heteroatoms. The summed E-state index contributed by atoms with van der Waals surface area (Å²) in [6, 6.07) is 15.5. The van der Waals surface area contributed by atoms with Crippen LogP contribution in [0, 0.1) is 6.92 Å². The fourth-order valence-corrected chi connectivity index (χ4v) is 3.34. The summed E-state index contributed by atoms with van der Waals surface area (Å²) >= 11 is 1.48. The zero-order chi connectivity index (χ0) is 18.5. The summed E-state index contributed by atoms with van der Waals surface area (Å²) in [5.41, 5.74) is 2.11. The van der Waals surface area contributed by atoms with Crippen molar-refractivity contribution in [1.82, 2.24) is 9.88 Å². The maximum Gasteiger partial charge on any atom is 0.243 e. The van der Waals surface area contributed by atoms with Gasteiger partial charge in [0.1, 0.15) is 12.4 Å². The maximum absolute atomic E-state index is 12.5. The number of amides is 1. The van der Waals surface area contributed by atoms with Gasteiger partial charge in [-0.2, -0.15) is 0 Å². The van der Waals surface area contributed by atoms with Crippen LogP contribution in [0.4, 0.5) is 5.13 Å². The molecule has 1 heterocycles. The molecule has 0 aliphatic rings. The number of benzene rings is 2. The van der Waals surface area contributed by atoms with Gasteiger partial charge in [-0.3, -0.25) is 9.69 Å². The van der Waals surface area contributed by atoms with Crippen LogP contribution in [-0.2, 0) is 4.79 Å². The molecular formula is C20H23N3O2S. The molecule has 1 aromatic heterocycles. The lowest BCUT2D eigenvalue weighted by atomic mass is 10.2. The van der Waals surface area contributed by atoms with Gasteiger partial charge in [-0.1, -0.05) is 41.2 Å². The van der Waals surface area contributed by atoms with Gasteiger partial charge in [-0.25, -0.2) is 4.98 Å². The van der Waals surface area contributed by atoms with E-state index in [-0.39, 0.29) is 11.9 Å². The molecule has 0 aliphatic heterocycles. The van der Waals surface area contributed by atoms with E-state index in [0.29, 0.717) is 18.3 Å². The molecule has 0 saturated carbocycles. The van der Waals surface area contributed by atoms with Gasteiger partial charge >= 0.3 is 0 Å². The fourth-order valence-electron chi connectivity index (χ4n) is 2.47. The molecule has 3 aromatic rings. The molecule has 0 fully saturated rings. The monoisotopic (exact) mass is 369 g/mol. The molecule has 0 spiro atoms. The van der Waals surface area contributed by atoms with Gasteiger partial charge in [-0.05, 0) is 45.2 Å². The molecule has 26 heavy (non-hydrogen) atoms. The average Bonchev–Trinajstić information content (AvgIpc) is 3.04. The van der Waals surface area contributed by atoms with E-state index in [4.69, 9.17) is 4.74 Å². The van der Waals surface area contributed by atoms with Crippen molar-refractivity contribution in [3.8, 4) is 5.75 Å². The number of carbonyl (C=O) groups excluding carboxylic acids is 1. The molecule has 0 bridgehead atoms. The van der Waals surface area contributed by atoms with Crippen molar-refractivity contribution in [2.24, 2.45) is 0 Å². The molecule has 0 aliphatic carbocycles. The fraction of sp³-hybridized carbons (Fsp3) is 0.300. The van der Waals surface area contributed by atoms with E-state index in [9.17, 15) is 4.79 Å². The van der Waals surface area contributed by atoms with Crippen molar-refractivity contribution < 1.29 is 9.53 Å². The van der Waals surface area contributed by atoms with Crippen molar-refractivity contribution in [2.45, 2.75) is 19.9 Å². The first-order chi connectivity index (χ1) is 12.5. The van der Waals surface area contributed by atoms with Gasteiger partial charge in [0, 0.05) is 6.54 Å². The van der Waals surface area contributed by atoms with E-state index in [1.54, 1.807) is 0 Å². The number of likely N-dealkylation sites (N-methyl/N-ethyl adjacent to an activating group) is 1. The Morgan fingerprint density at radius 2 is 1.96 bits per heavy atom. The molecule has 136 valence electrons. The Morgan fingerprint density at radius 3 is 2.69 bits per heavy atom. The topological polar surface area (TPSA) is 54.5 Å². The Bertz CT molecular complexity index is 843. The molecule has 0 saturated heterocycles. The second-order valence-corrected chi connectivity index (χ2v) is 7.32.